The van der Waals surface area contributed by atoms with Gasteiger partial charge in [0, 0.05) is 11.3 Å². The Balaban J connectivity index is 1.62. The van der Waals surface area contributed by atoms with Gasteiger partial charge in [-0.3, -0.25) is 10.1 Å². The number of hydrogen-bond acceptors (Lipinski definition) is 6. The van der Waals surface area contributed by atoms with Crippen molar-refractivity contribution in [3.05, 3.63) is 64.4 Å². The smallest absolute Gasteiger partial charge is 0.257 e. The number of ether oxygens (including phenoxy) is 1. The molecule has 5 nitrogen and oxygen atoms in total. The maximum absolute atomic E-state index is 13.9. The van der Waals surface area contributed by atoms with Crippen LogP contribution in [0.3, 0.4) is 0 Å². The monoisotopic (exact) mass is 409 g/mol. The molecule has 1 heterocycles. The van der Waals surface area contributed by atoms with E-state index in [9.17, 15) is 9.18 Å². The van der Waals surface area contributed by atoms with Crippen LogP contribution in [0.4, 0.5) is 9.52 Å². The maximum Gasteiger partial charge on any atom is 0.257 e. The number of hydrogen-bond donors (Lipinski definition) is 1. The van der Waals surface area contributed by atoms with Gasteiger partial charge in [-0.2, -0.15) is 0 Å². The van der Waals surface area contributed by atoms with Crippen molar-refractivity contribution in [2.45, 2.75) is 10.1 Å². The zero-order valence-corrected chi connectivity index (χ0v) is 15.9. The van der Waals surface area contributed by atoms with Gasteiger partial charge < -0.3 is 4.74 Å². The average Bonchev–Trinajstić information content (AvgIpc) is 3.10. The van der Waals surface area contributed by atoms with Gasteiger partial charge in [-0.1, -0.05) is 52.9 Å². The van der Waals surface area contributed by atoms with E-state index in [1.165, 1.54) is 36.3 Å². The Kier molecular flexibility index (Phi) is 6.08. The van der Waals surface area contributed by atoms with Crippen LogP contribution in [0.5, 0.6) is 5.75 Å². The molecule has 1 N–H and O–H groups in total. The van der Waals surface area contributed by atoms with Crippen molar-refractivity contribution < 1.29 is 13.9 Å². The molecular formula is C17H13ClFN3O2S2. The topological polar surface area (TPSA) is 64.1 Å². The summed E-state index contributed by atoms with van der Waals surface area (Å²) in [6, 6.07) is 11.7. The van der Waals surface area contributed by atoms with Crippen molar-refractivity contribution in [1.82, 2.24) is 10.2 Å². The molecular weight excluding hydrogens is 397 g/mol. The Morgan fingerprint density at radius 2 is 2.12 bits per heavy atom. The lowest BCUT2D eigenvalue weighted by Crippen LogP contribution is -2.11. The van der Waals surface area contributed by atoms with Gasteiger partial charge in [0.2, 0.25) is 5.13 Å². The summed E-state index contributed by atoms with van der Waals surface area (Å²) < 4.78 is 19.6. The number of amides is 1. The first kappa shape index (κ1) is 18.6. The first-order valence-corrected chi connectivity index (χ1v) is 9.59. The Hall–Kier alpha value is -2.16. The first-order valence-electron chi connectivity index (χ1n) is 7.41. The predicted octanol–water partition coefficient (Wildman–Crippen LogP) is 4.88. The fraction of sp³-hybridized carbons (Fsp3) is 0.118. The van der Waals surface area contributed by atoms with Crippen LogP contribution in [-0.4, -0.2) is 23.2 Å². The molecule has 0 saturated heterocycles. The third kappa shape index (κ3) is 4.51. The highest BCUT2D eigenvalue weighted by Crippen LogP contribution is 2.30. The largest absolute Gasteiger partial charge is 0.497 e. The Morgan fingerprint density at radius 1 is 1.31 bits per heavy atom. The van der Waals surface area contributed by atoms with Crippen LogP contribution in [0.25, 0.3) is 0 Å². The molecule has 0 spiro atoms. The number of benzene rings is 2. The second-order valence-electron chi connectivity index (χ2n) is 5.06. The number of thioether (sulfide) groups is 1. The third-order valence-electron chi connectivity index (χ3n) is 3.34. The quantitative estimate of drug-likeness (QED) is 0.464. The van der Waals surface area contributed by atoms with E-state index in [1.807, 2.05) is 0 Å². The van der Waals surface area contributed by atoms with E-state index in [-0.39, 0.29) is 10.9 Å². The van der Waals surface area contributed by atoms with Crippen LogP contribution in [0, 0.1) is 5.82 Å². The fourth-order valence-electron chi connectivity index (χ4n) is 2.05. The number of rotatable bonds is 6. The first-order chi connectivity index (χ1) is 12.6. The van der Waals surface area contributed by atoms with Crippen molar-refractivity contribution in [1.29, 1.82) is 0 Å². The van der Waals surface area contributed by atoms with E-state index in [4.69, 9.17) is 16.3 Å². The number of anilines is 1. The number of carbonyl (C=O) groups excluding carboxylic acids is 1. The highest BCUT2D eigenvalue weighted by Gasteiger charge is 2.13. The van der Waals surface area contributed by atoms with Gasteiger partial charge in [0.15, 0.2) is 4.34 Å². The molecule has 2 aromatic carbocycles. The highest BCUT2D eigenvalue weighted by molar-refractivity contribution is 8.00. The van der Waals surface area contributed by atoms with Gasteiger partial charge in [0.25, 0.3) is 5.91 Å². The molecule has 0 aliphatic carbocycles. The molecule has 3 aromatic rings. The molecule has 0 saturated carbocycles. The van der Waals surface area contributed by atoms with Crippen LogP contribution >= 0.6 is 34.7 Å². The Labute approximate surface area is 162 Å². The van der Waals surface area contributed by atoms with Crippen molar-refractivity contribution >= 4 is 45.7 Å². The predicted molar refractivity (Wildman–Crippen MR) is 102 cm³/mol. The normalized spacial score (nSPS) is 10.6. The molecule has 0 atom stereocenters. The molecule has 0 unspecified atom stereocenters. The van der Waals surface area contributed by atoms with E-state index < -0.39 is 5.82 Å². The molecule has 1 amide bonds. The summed E-state index contributed by atoms with van der Waals surface area (Å²) in [6.45, 7) is 0. The highest BCUT2D eigenvalue weighted by atomic mass is 35.5. The second-order valence-corrected chi connectivity index (χ2v) is 7.67. The summed E-state index contributed by atoms with van der Waals surface area (Å²) in [5.74, 6) is 0.218. The van der Waals surface area contributed by atoms with Crippen LogP contribution in [-0.2, 0) is 5.75 Å². The van der Waals surface area contributed by atoms with Gasteiger partial charge in [0.05, 0.1) is 12.1 Å². The van der Waals surface area contributed by atoms with Crippen LogP contribution in [0.1, 0.15) is 15.9 Å². The number of methoxy groups -OCH3 is 1. The number of nitrogens with zero attached hydrogens (tertiary/aromatic N) is 2. The zero-order valence-electron chi connectivity index (χ0n) is 13.5. The number of aromatic nitrogens is 2. The number of carbonyl (C=O) groups is 1. The van der Waals surface area contributed by atoms with E-state index >= 15 is 0 Å². The van der Waals surface area contributed by atoms with Crippen LogP contribution < -0.4 is 10.1 Å². The molecule has 1 aromatic heterocycles. The zero-order chi connectivity index (χ0) is 18.5. The van der Waals surface area contributed by atoms with Crippen LogP contribution in [0.2, 0.25) is 5.02 Å². The summed E-state index contributed by atoms with van der Waals surface area (Å²) in [6.07, 6.45) is 0. The van der Waals surface area contributed by atoms with Gasteiger partial charge in [-0.25, -0.2) is 4.39 Å². The van der Waals surface area contributed by atoms with Gasteiger partial charge in [-0.15, -0.1) is 10.2 Å². The maximum atomic E-state index is 13.9. The summed E-state index contributed by atoms with van der Waals surface area (Å²) in [4.78, 5) is 12.3. The average molecular weight is 410 g/mol. The summed E-state index contributed by atoms with van der Waals surface area (Å²) >= 11 is 8.31. The van der Waals surface area contributed by atoms with E-state index in [1.54, 1.807) is 36.4 Å². The molecule has 26 heavy (non-hydrogen) atoms. The molecule has 3 rings (SSSR count). The van der Waals surface area contributed by atoms with Crippen molar-refractivity contribution in [2.24, 2.45) is 0 Å². The Morgan fingerprint density at radius 3 is 2.92 bits per heavy atom. The fourth-order valence-corrected chi connectivity index (χ4v) is 3.97. The van der Waals surface area contributed by atoms with Gasteiger partial charge >= 0.3 is 0 Å². The standard InChI is InChI=1S/C17H13ClFN3O2S2/c1-24-12-6-2-4-10(8-12)15(23)20-16-21-22-17(26-16)25-9-11-5-3-7-13(18)14(11)19/h2-8H,9H2,1H3,(H,20,21,23). The lowest BCUT2D eigenvalue weighted by atomic mass is 10.2. The molecule has 0 aliphatic heterocycles. The van der Waals surface area contributed by atoms with Crippen LogP contribution in [0.15, 0.2) is 46.8 Å². The Bertz CT molecular complexity index is 936. The number of nitrogens with one attached hydrogen (secondary N) is 1. The third-order valence-corrected chi connectivity index (χ3v) is 5.65. The molecule has 9 heteroatoms. The van der Waals surface area contributed by atoms with Gasteiger partial charge in [-0.05, 0) is 29.8 Å². The summed E-state index contributed by atoms with van der Waals surface area (Å²) in [5.41, 5.74) is 0.939. The molecule has 0 bridgehead atoms. The number of halogens is 2. The molecule has 134 valence electrons. The lowest BCUT2D eigenvalue weighted by Gasteiger charge is -2.03. The SMILES string of the molecule is COc1cccc(C(=O)Nc2nnc(SCc3cccc(Cl)c3F)s2)c1. The van der Waals surface area contributed by atoms with Crippen molar-refractivity contribution in [2.75, 3.05) is 12.4 Å². The summed E-state index contributed by atoms with van der Waals surface area (Å²) in [7, 11) is 1.54. The van der Waals surface area contributed by atoms with E-state index in [0.717, 1.165) is 0 Å². The minimum absolute atomic E-state index is 0.0894. The molecule has 0 fully saturated rings. The van der Waals surface area contributed by atoms with E-state index in [0.29, 0.717) is 32.1 Å². The minimum Gasteiger partial charge on any atom is -0.497 e. The van der Waals surface area contributed by atoms with Crippen molar-refractivity contribution in [3.8, 4) is 5.75 Å². The van der Waals surface area contributed by atoms with Gasteiger partial charge in [0.1, 0.15) is 11.6 Å². The molecule has 0 radical (unpaired) electrons. The van der Waals surface area contributed by atoms with E-state index in [2.05, 4.69) is 15.5 Å². The lowest BCUT2D eigenvalue weighted by molar-refractivity contribution is 0.102. The molecule has 0 aliphatic rings. The summed E-state index contributed by atoms with van der Waals surface area (Å²) in [5, 5.41) is 11.1. The minimum atomic E-state index is -0.433. The second kappa shape index (κ2) is 8.48. The van der Waals surface area contributed by atoms with Crippen molar-refractivity contribution in [3.63, 3.8) is 0 Å².